The van der Waals surface area contributed by atoms with Gasteiger partial charge in [-0.2, -0.15) is 0 Å². The molecular formula is C17H29N3O5. The van der Waals surface area contributed by atoms with E-state index in [-0.39, 0.29) is 18.7 Å². The molecule has 0 fully saturated rings. The van der Waals surface area contributed by atoms with E-state index in [0.29, 0.717) is 6.42 Å². The Hall–Kier alpha value is -2.38. The Bertz CT molecular complexity index is 491. The molecule has 0 radical (unpaired) electrons. The number of carbonyl (C=O) groups is 4. The quantitative estimate of drug-likeness (QED) is 0.286. The van der Waals surface area contributed by atoms with Gasteiger partial charge in [-0.1, -0.05) is 38.7 Å². The van der Waals surface area contributed by atoms with Crippen molar-refractivity contribution in [3.63, 3.8) is 0 Å². The Morgan fingerprint density at radius 3 is 2.28 bits per heavy atom. The summed E-state index contributed by atoms with van der Waals surface area (Å²) in [6.45, 7) is 3.68. The van der Waals surface area contributed by atoms with Gasteiger partial charge in [-0.3, -0.25) is 14.4 Å². The second-order valence-electron chi connectivity index (χ2n) is 5.95. The molecule has 8 heteroatoms. The Balaban J connectivity index is 4.51. The van der Waals surface area contributed by atoms with Gasteiger partial charge in [0, 0.05) is 18.5 Å². The first-order chi connectivity index (χ1) is 11.8. The molecule has 5 N–H and O–H groups in total. The monoisotopic (exact) mass is 355 g/mol. The average Bonchev–Trinajstić information content (AvgIpc) is 2.51. The number of nitrogens with one attached hydrogen (secondary N) is 2. The van der Waals surface area contributed by atoms with Gasteiger partial charge in [0.05, 0.1) is 6.42 Å². The van der Waals surface area contributed by atoms with E-state index in [4.69, 9.17) is 10.8 Å². The Labute approximate surface area is 148 Å². The van der Waals surface area contributed by atoms with Gasteiger partial charge in [-0.15, -0.1) is 0 Å². The molecule has 25 heavy (non-hydrogen) atoms. The van der Waals surface area contributed by atoms with Crippen LogP contribution in [0.15, 0.2) is 12.2 Å². The molecule has 0 aromatic carbocycles. The van der Waals surface area contributed by atoms with Crippen LogP contribution in [0.4, 0.5) is 0 Å². The molecule has 0 aliphatic heterocycles. The number of rotatable bonds is 13. The van der Waals surface area contributed by atoms with Crippen molar-refractivity contribution >= 4 is 23.7 Å². The normalized spacial score (nSPS) is 13.2. The molecule has 2 atom stereocenters. The lowest BCUT2D eigenvalue weighted by molar-refractivity contribution is -0.131. The fraction of sp³-hybridized carbons (Fsp3) is 0.647. The molecule has 0 saturated carbocycles. The first-order valence-corrected chi connectivity index (χ1v) is 8.55. The molecule has 0 saturated heterocycles. The van der Waals surface area contributed by atoms with Crippen molar-refractivity contribution in [2.75, 3.05) is 0 Å². The van der Waals surface area contributed by atoms with E-state index in [0.717, 1.165) is 31.8 Å². The number of carbonyl (C=O) groups excluding carboxylic acids is 3. The third kappa shape index (κ3) is 12.7. The summed E-state index contributed by atoms with van der Waals surface area (Å²) in [6, 6.07) is -1.63. The minimum atomic E-state index is -1.13. The van der Waals surface area contributed by atoms with E-state index < -0.39 is 29.9 Å². The van der Waals surface area contributed by atoms with E-state index in [9.17, 15) is 19.2 Å². The van der Waals surface area contributed by atoms with Gasteiger partial charge in [0.1, 0.15) is 6.04 Å². The van der Waals surface area contributed by atoms with E-state index >= 15 is 0 Å². The van der Waals surface area contributed by atoms with Crippen molar-refractivity contribution in [1.29, 1.82) is 0 Å². The van der Waals surface area contributed by atoms with Crippen LogP contribution in [0.5, 0.6) is 0 Å². The predicted octanol–water partition coefficient (Wildman–Crippen LogP) is 0.853. The number of hydrogen-bond acceptors (Lipinski definition) is 4. The van der Waals surface area contributed by atoms with Crippen LogP contribution >= 0.6 is 0 Å². The highest BCUT2D eigenvalue weighted by Crippen LogP contribution is 2.05. The average molecular weight is 355 g/mol. The van der Waals surface area contributed by atoms with Crippen LogP contribution < -0.4 is 16.4 Å². The number of nitrogens with two attached hydrogens (primary N) is 1. The van der Waals surface area contributed by atoms with Crippen LogP contribution in [0, 0.1) is 0 Å². The maximum atomic E-state index is 12.2. The van der Waals surface area contributed by atoms with Crippen molar-refractivity contribution in [2.45, 2.75) is 70.9 Å². The number of hydrogen-bond donors (Lipinski definition) is 4. The highest BCUT2D eigenvalue weighted by atomic mass is 16.4. The van der Waals surface area contributed by atoms with Crippen LogP contribution in [-0.2, 0) is 19.2 Å². The third-order valence-corrected chi connectivity index (χ3v) is 3.46. The highest BCUT2D eigenvalue weighted by molar-refractivity contribution is 5.92. The second kappa shape index (κ2) is 13.0. The van der Waals surface area contributed by atoms with Gasteiger partial charge in [0.2, 0.25) is 17.7 Å². The largest absolute Gasteiger partial charge is 0.478 e. The van der Waals surface area contributed by atoms with E-state index in [1.807, 2.05) is 0 Å². The lowest BCUT2D eigenvalue weighted by Gasteiger charge is -2.19. The number of carboxylic acids is 1. The fourth-order valence-electron chi connectivity index (χ4n) is 2.17. The van der Waals surface area contributed by atoms with Crippen molar-refractivity contribution in [2.24, 2.45) is 5.73 Å². The zero-order chi connectivity index (χ0) is 19.2. The van der Waals surface area contributed by atoms with Gasteiger partial charge >= 0.3 is 5.97 Å². The van der Waals surface area contributed by atoms with Gasteiger partial charge in [-0.25, -0.2) is 4.79 Å². The molecule has 3 amide bonds. The molecule has 0 heterocycles. The summed E-state index contributed by atoms with van der Waals surface area (Å²) < 4.78 is 0. The molecule has 2 unspecified atom stereocenters. The summed E-state index contributed by atoms with van der Waals surface area (Å²) in [5.41, 5.74) is 5.13. The van der Waals surface area contributed by atoms with Crippen LogP contribution in [0.2, 0.25) is 0 Å². The highest BCUT2D eigenvalue weighted by Gasteiger charge is 2.23. The minimum absolute atomic E-state index is 0.278. The Morgan fingerprint density at radius 1 is 1.08 bits per heavy atom. The maximum Gasteiger partial charge on any atom is 0.328 e. The fourth-order valence-corrected chi connectivity index (χ4v) is 2.17. The number of amides is 3. The number of unbranched alkanes of at least 4 members (excludes halogenated alkanes) is 4. The van der Waals surface area contributed by atoms with E-state index in [1.54, 1.807) is 6.92 Å². The molecule has 8 nitrogen and oxygen atoms in total. The molecule has 0 aromatic heterocycles. The summed E-state index contributed by atoms with van der Waals surface area (Å²) in [5, 5.41) is 13.6. The van der Waals surface area contributed by atoms with Crippen molar-refractivity contribution in [3.8, 4) is 0 Å². The lowest BCUT2D eigenvalue weighted by Crippen LogP contribution is -2.50. The van der Waals surface area contributed by atoms with E-state index in [1.165, 1.54) is 6.08 Å². The van der Waals surface area contributed by atoms with Crippen LogP contribution in [0.3, 0.4) is 0 Å². The zero-order valence-electron chi connectivity index (χ0n) is 14.9. The molecule has 0 rings (SSSR count). The van der Waals surface area contributed by atoms with Crippen LogP contribution in [0.1, 0.15) is 58.8 Å². The van der Waals surface area contributed by atoms with Gasteiger partial charge in [0.15, 0.2) is 0 Å². The molecule has 142 valence electrons. The molecule has 0 bridgehead atoms. The summed E-state index contributed by atoms with van der Waals surface area (Å²) in [4.78, 5) is 45.7. The van der Waals surface area contributed by atoms with Crippen molar-refractivity contribution in [1.82, 2.24) is 10.6 Å². The maximum absolute atomic E-state index is 12.2. The molecule has 0 aliphatic carbocycles. The molecule has 0 aromatic rings. The second-order valence-corrected chi connectivity index (χ2v) is 5.95. The van der Waals surface area contributed by atoms with Crippen molar-refractivity contribution < 1.29 is 24.3 Å². The first-order valence-electron chi connectivity index (χ1n) is 8.55. The Morgan fingerprint density at radius 2 is 1.72 bits per heavy atom. The summed E-state index contributed by atoms with van der Waals surface area (Å²) in [7, 11) is 0. The SMILES string of the molecule is CCCCCCCC(=O)NC(CC(N)=O)C(=O)NC(C)/C=C/C(=O)O. The molecular weight excluding hydrogens is 326 g/mol. The summed E-state index contributed by atoms with van der Waals surface area (Å²) in [5.74, 6) is -2.74. The summed E-state index contributed by atoms with van der Waals surface area (Å²) in [6.07, 6.45) is 7.10. The van der Waals surface area contributed by atoms with Gasteiger partial charge < -0.3 is 21.5 Å². The zero-order valence-corrected chi connectivity index (χ0v) is 14.9. The number of aliphatic carboxylic acids is 1. The topological polar surface area (TPSA) is 139 Å². The van der Waals surface area contributed by atoms with Gasteiger partial charge in [-0.05, 0) is 13.3 Å². The number of carboxylic acid groups (broad SMARTS) is 1. The smallest absolute Gasteiger partial charge is 0.328 e. The van der Waals surface area contributed by atoms with Gasteiger partial charge in [0.25, 0.3) is 0 Å². The molecule has 0 spiro atoms. The lowest BCUT2D eigenvalue weighted by atomic mass is 10.1. The summed E-state index contributed by atoms with van der Waals surface area (Å²) >= 11 is 0. The van der Waals surface area contributed by atoms with E-state index in [2.05, 4.69) is 17.6 Å². The predicted molar refractivity (Wildman–Crippen MR) is 93.5 cm³/mol. The third-order valence-electron chi connectivity index (χ3n) is 3.46. The van der Waals surface area contributed by atoms with Crippen LogP contribution in [0.25, 0.3) is 0 Å². The minimum Gasteiger partial charge on any atom is -0.478 e. The molecule has 0 aliphatic rings. The first kappa shape index (κ1) is 22.6. The van der Waals surface area contributed by atoms with Crippen LogP contribution in [-0.4, -0.2) is 40.9 Å². The Kier molecular flexibility index (Phi) is 11.7. The van der Waals surface area contributed by atoms with Crippen molar-refractivity contribution in [3.05, 3.63) is 12.2 Å². The standard InChI is InChI=1S/C17H29N3O5/c1-3-4-5-6-7-8-15(22)20-13(11-14(18)21)17(25)19-12(2)9-10-16(23)24/h9-10,12-13H,3-8,11H2,1-2H3,(H2,18,21)(H,19,25)(H,20,22)(H,23,24)/b10-9+. The number of primary amides is 1.